The lowest BCUT2D eigenvalue weighted by Gasteiger charge is -2.30. The lowest BCUT2D eigenvalue weighted by molar-refractivity contribution is -0.139. The lowest BCUT2D eigenvalue weighted by Crippen LogP contribution is -2.38. The Labute approximate surface area is 157 Å². The Hall–Kier alpha value is -2.93. The fourth-order valence-corrected chi connectivity index (χ4v) is 2.62. The van der Waals surface area contributed by atoms with E-state index in [1.807, 2.05) is 0 Å². The van der Waals surface area contributed by atoms with Crippen LogP contribution in [-0.2, 0) is 28.5 Å². The predicted octanol–water partition coefficient (Wildman–Crippen LogP) is 2.22. The van der Waals surface area contributed by atoms with E-state index in [0.29, 0.717) is 17.6 Å². The van der Waals surface area contributed by atoms with E-state index in [4.69, 9.17) is 14.2 Å². The second-order valence-electron chi connectivity index (χ2n) is 5.92. The zero-order valence-corrected chi connectivity index (χ0v) is 15.3. The standard InChI is InChI=1S/C20H22O7/c1-13(18(21)24-2)12-26-17-11-15(19(22)25-3)9-10-16(17)27-20(23)14-7-5-4-6-8-14/h4-9,16-17H,1,10-12H2,2-3H3/t16-,17-/m1/s1. The van der Waals surface area contributed by atoms with Crippen molar-refractivity contribution in [3.63, 3.8) is 0 Å². The van der Waals surface area contributed by atoms with E-state index in [-0.39, 0.29) is 18.6 Å². The predicted molar refractivity (Wildman–Crippen MR) is 95.9 cm³/mol. The molecule has 1 aromatic rings. The van der Waals surface area contributed by atoms with Gasteiger partial charge in [0.15, 0.2) is 0 Å². The summed E-state index contributed by atoms with van der Waals surface area (Å²) in [6, 6.07) is 8.57. The van der Waals surface area contributed by atoms with Crippen molar-refractivity contribution in [2.75, 3.05) is 20.8 Å². The summed E-state index contributed by atoms with van der Waals surface area (Å²) >= 11 is 0. The van der Waals surface area contributed by atoms with Gasteiger partial charge in [0.2, 0.25) is 0 Å². The molecular weight excluding hydrogens is 352 g/mol. The van der Waals surface area contributed by atoms with Gasteiger partial charge >= 0.3 is 17.9 Å². The second kappa shape index (κ2) is 9.68. The number of rotatable bonds is 7. The normalized spacial score (nSPS) is 18.8. The van der Waals surface area contributed by atoms with Crippen LogP contribution in [0.25, 0.3) is 0 Å². The SMILES string of the molecule is C=C(CO[C@@H]1CC(C(=O)OC)=CC[C@H]1OC(=O)c1ccccc1)C(=O)OC. The van der Waals surface area contributed by atoms with E-state index in [1.54, 1.807) is 36.4 Å². The third kappa shape index (κ3) is 5.52. The molecule has 0 aromatic heterocycles. The minimum absolute atomic E-state index is 0.106. The van der Waals surface area contributed by atoms with Crippen LogP contribution in [0.2, 0.25) is 0 Å². The molecular formula is C20H22O7. The summed E-state index contributed by atoms with van der Waals surface area (Å²) in [5, 5.41) is 0. The Morgan fingerprint density at radius 3 is 2.37 bits per heavy atom. The van der Waals surface area contributed by atoms with E-state index < -0.39 is 30.1 Å². The minimum Gasteiger partial charge on any atom is -0.466 e. The molecule has 0 bridgehead atoms. The Bertz CT molecular complexity index is 736. The van der Waals surface area contributed by atoms with Gasteiger partial charge in [-0.05, 0) is 12.1 Å². The fourth-order valence-electron chi connectivity index (χ4n) is 2.62. The molecule has 0 saturated heterocycles. The third-order valence-electron chi connectivity index (χ3n) is 4.09. The summed E-state index contributed by atoms with van der Waals surface area (Å²) in [6.45, 7) is 3.49. The van der Waals surface area contributed by atoms with Crippen molar-refractivity contribution in [3.05, 3.63) is 59.7 Å². The first-order valence-corrected chi connectivity index (χ1v) is 8.37. The van der Waals surface area contributed by atoms with Crippen LogP contribution in [0.3, 0.4) is 0 Å². The zero-order valence-electron chi connectivity index (χ0n) is 15.3. The minimum atomic E-state index is -0.627. The highest BCUT2D eigenvalue weighted by Gasteiger charge is 2.33. The number of hydrogen-bond donors (Lipinski definition) is 0. The Morgan fingerprint density at radius 1 is 1.04 bits per heavy atom. The lowest BCUT2D eigenvalue weighted by atomic mass is 9.94. The summed E-state index contributed by atoms with van der Waals surface area (Å²) in [4.78, 5) is 35.6. The smallest absolute Gasteiger partial charge is 0.338 e. The maximum atomic E-state index is 12.3. The highest BCUT2D eigenvalue weighted by Crippen LogP contribution is 2.26. The molecule has 2 atom stereocenters. The van der Waals surface area contributed by atoms with Gasteiger partial charge in [0.05, 0.1) is 38.1 Å². The van der Waals surface area contributed by atoms with E-state index in [9.17, 15) is 14.4 Å². The number of hydrogen-bond acceptors (Lipinski definition) is 7. The van der Waals surface area contributed by atoms with E-state index in [2.05, 4.69) is 11.3 Å². The fraction of sp³-hybridized carbons (Fsp3) is 0.350. The van der Waals surface area contributed by atoms with Crippen LogP contribution in [-0.4, -0.2) is 50.9 Å². The molecule has 0 saturated carbocycles. The summed E-state index contributed by atoms with van der Waals surface area (Å²) < 4.78 is 20.6. The van der Waals surface area contributed by atoms with Crippen LogP contribution in [0.4, 0.5) is 0 Å². The third-order valence-corrected chi connectivity index (χ3v) is 4.09. The molecule has 0 radical (unpaired) electrons. The van der Waals surface area contributed by atoms with Crippen molar-refractivity contribution in [3.8, 4) is 0 Å². The first-order chi connectivity index (χ1) is 13.0. The molecule has 0 spiro atoms. The molecule has 2 rings (SSSR count). The molecule has 0 amide bonds. The molecule has 1 aliphatic rings. The summed E-state index contributed by atoms with van der Waals surface area (Å²) in [5.41, 5.74) is 0.968. The van der Waals surface area contributed by atoms with Crippen molar-refractivity contribution in [1.82, 2.24) is 0 Å². The monoisotopic (exact) mass is 374 g/mol. The van der Waals surface area contributed by atoms with Crippen LogP contribution < -0.4 is 0 Å². The molecule has 1 aromatic carbocycles. The first-order valence-electron chi connectivity index (χ1n) is 8.37. The highest BCUT2D eigenvalue weighted by molar-refractivity contribution is 5.90. The second-order valence-corrected chi connectivity index (χ2v) is 5.92. The van der Waals surface area contributed by atoms with Gasteiger partial charge < -0.3 is 18.9 Å². The molecule has 0 heterocycles. The van der Waals surface area contributed by atoms with E-state index in [1.165, 1.54) is 14.2 Å². The number of benzene rings is 1. The average Bonchev–Trinajstić information content (AvgIpc) is 2.71. The van der Waals surface area contributed by atoms with E-state index in [0.717, 1.165) is 0 Å². The molecule has 1 aliphatic carbocycles. The van der Waals surface area contributed by atoms with Gasteiger partial charge in [-0.2, -0.15) is 0 Å². The molecule has 0 unspecified atom stereocenters. The largest absolute Gasteiger partial charge is 0.466 e. The zero-order chi connectivity index (χ0) is 19.8. The maximum absolute atomic E-state index is 12.3. The van der Waals surface area contributed by atoms with Gasteiger partial charge in [0, 0.05) is 18.4 Å². The highest BCUT2D eigenvalue weighted by atomic mass is 16.6. The molecule has 144 valence electrons. The molecule has 0 N–H and O–H groups in total. The van der Waals surface area contributed by atoms with Crippen molar-refractivity contribution in [2.24, 2.45) is 0 Å². The van der Waals surface area contributed by atoms with Gasteiger partial charge in [-0.1, -0.05) is 30.9 Å². The number of esters is 3. The molecule has 27 heavy (non-hydrogen) atoms. The number of ether oxygens (including phenoxy) is 4. The van der Waals surface area contributed by atoms with Crippen LogP contribution in [0.1, 0.15) is 23.2 Å². The van der Waals surface area contributed by atoms with Gasteiger partial charge in [-0.25, -0.2) is 14.4 Å². The Balaban J connectivity index is 2.10. The first kappa shape index (κ1) is 20.4. The molecule has 0 fully saturated rings. The van der Waals surface area contributed by atoms with Crippen molar-refractivity contribution >= 4 is 17.9 Å². The van der Waals surface area contributed by atoms with Crippen LogP contribution in [0.15, 0.2) is 54.1 Å². The number of methoxy groups -OCH3 is 2. The van der Waals surface area contributed by atoms with Crippen LogP contribution >= 0.6 is 0 Å². The topological polar surface area (TPSA) is 88.1 Å². The van der Waals surface area contributed by atoms with Gasteiger partial charge in [0.1, 0.15) is 6.10 Å². The summed E-state index contributed by atoms with van der Waals surface area (Å²) in [6.07, 6.45) is 0.908. The molecule has 0 aliphatic heterocycles. The quantitative estimate of drug-likeness (QED) is 0.411. The molecule has 7 nitrogen and oxygen atoms in total. The number of carbonyl (C=O) groups is 3. The van der Waals surface area contributed by atoms with Crippen molar-refractivity contribution < 1.29 is 33.3 Å². The van der Waals surface area contributed by atoms with Gasteiger partial charge in [-0.15, -0.1) is 0 Å². The van der Waals surface area contributed by atoms with Gasteiger partial charge in [0.25, 0.3) is 0 Å². The Kier molecular flexibility index (Phi) is 7.31. The van der Waals surface area contributed by atoms with Gasteiger partial charge in [-0.3, -0.25) is 0 Å². The van der Waals surface area contributed by atoms with E-state index >= 15 is 0 Å². The summed E-state index contributed by atoms with van der Waals surface area (Å²) in [5.74, 6) is -1.55. The molecule has 7 heteroatoms. The number of carbonyl (C=O) groups excluding carboxylic acids is 3. The van der Waals surface area contributed by atoms with Crippen LogP contribution in [0, 0.1) is 0 Å². The Morgan fingerprint density at radius 2 is 1.74 bits per heavy atom. The van der Waals surface area contributed by atoms with Crippen molar-refractivity contribution in [1.29, 1.82) is 0 Å². The van der Waals surface area contributed by atoms with Crippen LogP contribution in [0.5, 0.6) is 0 Å². The summed E-state index contributed by atoms with van der Waals surface area (Å²) in [7, 11) is 2.54. The average molecular weight is 374 g/mol. The maximum Gasteiger partial charge on any atom is 0.338 e. The van der Waals surface area contributed by atoms with Crippen molar-refractivity contribution in [2.45, 2.75) is 25.0 Å².